The fourth-order valence-electron chi connectivity index (χ4n) is 1.50. The van der Waals surface area contributed by atoms with Gasteiger partial charge in [-0.1, -0.05) is 6.92 Å². The Morgan fingerprint density at radius 2 is 2.22 bits per heavy atom. The SMILES string of the molecule is CC(CCNc1nccnc1C#N)CCC(=O)O. The van der Waals surface area contributed by atoms with Gasteiger partial charge in [-0.25, -0.2) is 9.97 Å². The molecule has 0 aliphatic heterocycles. The third kappa shape index (κ3) is 4.78. The van der Waals surface area contributed by atoms with Crippen LogP contribution in [0.2, 0.25) is 0 Å². The highest BCUT2D eigenvalue weighted by Crippen LogP contribution is 2.12. The van der Waals surface area contributed by atoms with E-state index in [0.29, 0.717) is 24.7 Å². The molecule has 1 aromatic rings. The van der Waals surface area contributed by atoms with Gasteiger partial charge in [-0.3, -0.25) is 4.79 Å². The average Bonchev–Trinajstić information content (AvgIpc) is 2.37. The van der Waals surface area contributed by atoms with E-state index in [1.807, 2.05) is 13.0 Å². The van der Waals surface area contributed by atoms with Crippen LogP contribution < -0.4 is 5.32 Å². The Kier molecular flexibility index (Phi) is 5.58. The summed E-state index contributed by atoms with van der Waals surface area (Å²) in [4.78, 5) is 18.3. The van der Waals surface area contributed by atoms with E-state index in [1.54, 1.807) is 0 Å². The van der Waals surface area contributed by atoms with Crippen LogP contribution in [0.1, 0.15) is 31.9 Å². The number of anilines is 1. The highest BCUT2D eigenvalue weighted by molar-refractivity contribution is 5.66. The number of carbonyl (C=O) groups is 1. The molecule has 0 fully saturated rings. The van der Waals surface area contributed by atoms with Crippen molar-refractivity contribution >= 4 is 11.8 Å². The van der Waals surface area contributed by atoms with Crippen LogP contribution in [0, 0.1) is 17.2 Å². The number of carboxylic acid groups (broad SMARTS) is 1. The van der Waals surface area contributed by atoms with Gasteiger partial charge < -0.3 is 10.4 Å². The Hall–Kier alpha value is -2.16. The topological polar surface area (TPSA) is 98.9 Å². The van der Waals surface area contributed by atoms with E-state index in [2.05, 4.69) is 15.3 Å². The van der Waals surface area contributed by atoms with Gasteiger partial charge in [0.2, 0.25) is 0 Å². The van der Waals surface area contributed by atoms with Gasteiger partial charge >= 0.3 is 5.97 Å². The highest BCUT2D eigenvalue weighted by Gasteiger charge is 2.07. The molecular weight excluding hydrogens is 232 g/mol. The summed E-state index contributed by atoms with van der Waals surface area (Å²) in [6, 6.07) is 1.96. The Morgan fingerprint density at radius 3 is 2.89 bits per heavy atom. The minimum absolute atomic E-state index is 0.190. The first-order valence-electron chi connectivity index (χ1n) is 5.80. The zero-order valence-electron chi connectivity index (χ0n) is 10.3. The number of nitrogens with zero attached hydrogens (tertiary/aromatic N) is 3. The molecule has 96 valence electrons. The lowest BCUT2D eigenvalue weighted by Gasteiger charge is -2.11. The van der Waals surface area contributed by atoms with Crippen LogP contribution in [0.4, 0.5) is 5.82 Å². The molecule has 0 bridgehead atoms. The van der Waals surface area contributed by atoms with Crippen molar-refractivity contribution in [2.24, 2.45) is 5.92 Å². The molecule has 1 aromatic heterocycles. The van der Waals surface area contributed by atoms with Gasteiger partial charge in [0.25, 0.3) is 0 Å². The number of hydrogen-bond acceptors (Lipinski definition) is 5. The van der Waals surface area contributed by atoms with E-state index in [0.717, 1.165) is 6.42 Å². The number of rotatable bonds is 7. The van der Waals surface area contributed by atoms with Crippen molar-refractivity contribution < 1.29 is 9.90 Å². The van der Waals surface area contributed by atoms with Gasteiger partial charge in [-0.15, -0.1) is 0 Å². The van der Waals surface area contributed by atoms with Crippen molar-refractivity contribution in [2.45, 2.75) is 26.2 Å². The molecule has 0 aliphatic rings. The molecular formula is C12H16N4O2. The van der Waals surface area contributed by atoms with Crippen LogP contribution in [-0.2, 0) is 4.79 Å². The number of nitrogens with one attached hydrogen (secondary N) is 1. The molecule has 0 amide bonds. The number of aliphatic carboxylic acids is 1. The van der Waals surface area contributed by atoms with E-state index in [4.69, 9.17) is 10.4 Å². The van der Waals surface area contributed by atoms with E-state index in [-0.39, 0.29) is 12.1 Å². The van der Waals surface area contributed by atoms with E-state index >= 15 is 0 Å². The first-order valence-corrected chi connectivity index (χ1v) is 5.80. The van der Waals surface area contributed by atoms with Crippen LogP contribution in [-0.4, -0.2) is 27.6 Å². The summed E-state index contributed by atoms with van der Waals surface area (Å²) in [5.74, 6) is 0.0248. The molecule has 0 radical (unpaired) electrons. The second-order valence-electron chi connectivity index (χ2n) is 4.12. The standard InChI is InChI=1S/C12H16N4O2/c1-9(2-3-11(17)18)4-5-15-12-10(8-13)14-6-7-16-12/h6-7,9H,2-5H2,1H3,(H,15,16)(H,17,18). The lowest BCUT2D eigenvalue weighted by atomic mass is 10.0. The molecule has 2 N–H and O–H groups in total. The summed E-state index contributed by atoms with van der Waals surface area (Å²) in [5, 5.41) is 20.4. The molecule has 6 heteroatoms. The van der Waals surface area contributed by atoms with Crippen LogP contribution in [0.15, 0.2) is 12.4 Å². The molecule has 0 saturated carbocycles. The fraction of sp³-hybridized carbons (Fsp3) is 0.500. The zero-order valence-corrected chi connectivity index (χ0v) is 10.3. The molecule has 1 atom stereocenters. The largest absolute Gasteiger partial charge is 0.481 e. The number of aromatic nitrogens is 2. The molecule has 0 saturated heterocycles. The van der Waals surface area contributed by atoms with E-state index in [9.17, 15) is 4.79 Å². The lowest BCUT2D eigenvalue weighted by Crippen LogP contribution is -2.10. The summed E-state index contributed by atoms with van der Waals surface area (Å²) in [5.41, 5.74) is 0.274. The van der Waals surface area contributed by atoms with Crippen LogP contribution >= 0.6 is 0 Å². The lowest BCUT2D eigenvalue weighted by molar-refractivity contribution is -0.137. The maximum absolute atomic E-state index is 10.4. The third-order valence-electron chi connectivity index (χ3n) is 2.58. The molecule has 0 aliphatic carbocycles. The smallest absolute Gasteiger partial charge is 0.303 e. The van der Waals surface area contributed by atoms with Crippen LogP contribution in [0.3, 0.4) is 0 Å². The van der Waals surface area contributed by atoms with Crippen molar-refractivity contribution in [2.75, 3.05) is 11.9 Å². The minimum atomic E-state index is -0.768. The average molecular weight is 248 g/mol. The first kappa shape index (κ1) is 13.9. The van der Waals surface area contributed by atoms with Gasteiger partial charge in [0, 0.05) is 25.4 Å². The van der Waals surface area contributed by atoms with Gasteiger partial charge in [-0.05, 0) is 18.8 Å². The number of nitriles is 1. The molecule has 1 rings (SSSR count). The van der Waals surface area contributed by atoms with Crippen LogP contribution in [0.25, 0.3) is 0 Å². The molecule has 1 heterocycles. The predicted octanol–water partition coefficient (Wildman–Crippen LogP) is 1.65. The van der Waals surface area contributed by atoms with Crippen molar-refractivity contribution in [3.8, 4) is 6.07 Å². The van der Waals surface area contributed by atoms with E-state index in [1.165, 1.54) is 12.4 Å². The highest BCUT2D eigenvalue weighted by atomic mass is 16.4. The molecule has 0 aromatic carbocycles. The maximum Gasteiger partial charge on any atom is 0.303 e. The zero-order chi connectivity index (χ0) is 13.4. The summed E-state index contributed by atoms with van der Waals surface area (Å²) >= 11 is 0. The minimum Gasteiger partial charge on any atom is -0.481 e. The Morgan fingerprint density at radius 1 is 1.50 bits per heavy atom. The van der Waals surface area contributed by atoms with Crippen LogP contribution in [0.5, 0.6) is 0 Å². The maximum atomic E-state index is 10.4. The summed E-state index contributed by atoms with van der Waals surface area (Å²) in [6.07, 6.45) is 4.67. The second-order valence-corrected chi connectivity index (χ2v) is 4.12. The summed E-state index contributed by atoms with van der Waals surface area (Å²) < 4.78 is 0. The van der Waals surface area contributed by atoms with E-state index < -0.39 is 5.97 Å². The second kappa shape index (κ2) is 7.22. The number of hydrogen-bond donors (Lipinski definition) is 2. The quantitative estimate of drug-likeness (QED) is 0.761. The Balaban J connectivity index is 2.33. The van der Waals surface area contributed by atoms with Crippen molar-refractivity contribution in [3.63, 3.8) is 0 Å². The van der Waals surface area contributed by atoms with Crippen molar-refractivity contribution in [3.05, 3.63) is 18.1 Å². The summed E-state index contributed by atoms with van der Waals surface area (Å²) in [7, 11) is 0. The first-order chi connectivity index (χ1) is 8.63. The van der Waals surface area contributed by atoms with Gasteiger partial charge in [-0.2, -0.15) is 5.26 Å². The molecule has 1 unspecified atom stereocenters. The van der Waals surface area contributed by atoms with Gasteiger partial charge in [0.05, 0.1) is 0 Å². The molecule has 6 nitrogen and oxygen atoms in total. The molecule has 0 spiro atoms. The normalized spacial score (nSPS) is 11.6. The Labute approximate surface area is 106 Å². The third-order valence-corrected chi connectivity index (χ3v) is 2.58. The van der Waals surface area contributed by atoms with Gasteiger partial charge in [0.1, 0.15) is 6.07 Å². The fourth-order valence-corrected chi connectivity index (χ4v) is 1.50. The molecule has 18 heavy (non-hydrogen) atoms. The summed E-state index contributed by atoms with van der Waals surface area (Å²) in [6.45, 7) is 2.65. The Bertz CT molecular complexity index is 442. The van der Waals surface area contributed by atoms with Crippen molar-refractivity contribution in [1.29, 1.82) is 5.26 Å². The number of carboxylic acids is 1. The predicted molar refractivity (Wildman–Crippen MR) is 65.9 cm³/mol. The monoisotopic (exact) mass is 248 g/mol. The van der Waals surface area contributed by atoms with Crippen molar-refractivity contribution in [1.82, 2.24) is 9.97 Å². The van der Waals surface area contributed by atoms with Gasteiger partial charge in [0.15, 0.2) is 11.5 Å².